The van der Waals surface area contributed by atoms with Crippen LogP contribution in [0.4, 0.5) is 5.69 Å². The molecule has 0 aliphatic carbocycles. The Morgan fingerprint density at radius 3 is 2.67 bits per heavy atom. The van der Waals surface area contributed by atoms with E-state index in [-0.39, 0.29) is 0 Å². The van der Waals surface area contributed by atoms with Crippen LogP contribution in [0.2, 0.25) is 0 Å². The van der Waals surface area contributed by atoms with Crippen LogP contribution in [0.25, 0.3) is 10.9 Å². The summed E-state index contributed by atoms with van der Waals surface area (Å²) in [4.78, 5) is 4.62. The Labute approximate surface area is 107 Å². The number of fused-ring (bicyclic) bond motifs is 1. The first kappa shape index (κ1) is 12.6. The van der Waals surface area contributed by atoms with Crippen molar-refractivity contribution in [3.8, 4) is 5.75 Å². The minimum absolute atomic E-state index is 0.488. The summed E-state index contributed by atoms with van der Waals surface area (Å²) < 4.78 is 10.5. The summed E-state index contributed by atoms with van der Waals surface area (Å²) in [5.41, 5.74) is 3.98. The van der Waals surface area contributed by atoms with Crippen LogP contribution >= 0.6 is 0 Å². The van der Waals surface area contributed by atoms with Gasteiger partial charge in [-0.15, -0.1) is 0 Å². The zero-order valence-corrected chi connectivity index (χ0v) is 11.2. The number of nitrogens with zero attached hydrogens (tertiary/aromatic N) is 1. The van der Waals surface area contributed by atoms with Crippen LogP contribution in [0.15, 0.2) is 18.2 Å². The molecule has 0 radical (unpaired) electrons. The highest BCUT2D eigenvalue weighted by Crippen LogP contribution is 2.32. The number of ether oxygens (including phenoxy) is 2. The van der Waals surface area contributed by atoms with Gasteiger partial charge in [-0.3, -0.25) is 0 Å². The Morgan fingerprint density at radius 2 is 2.06 bits per heavy atom. The monoisotopic (exact) mass is 246 g/mol. The lowest BCUT2D eigenvalue weighted by atomic mass is 10.1. The van der Waals surface area contributed by atoms with E-state index in [4.69, 9.17) is 9.47 Å². The first-order chi connectivity index (χ1) is 8.71. The van der Waals surface area contributed by atoms with Crippen LogP contribution in [-0.4, -0.2) is 26.3 Å². The fourth-order valence-corrected chi connectivity index (χ4v) is 2.12. The maximum Gasteiger partial charge on any atom is 0.145 e. The highest BCUT2D eigenvalue weighted by atomic mass is 16.5. The Balaban J connectivity index is 2.77. The molecule has 0 saturated heterocycles. The lowest BCUT2D eigenvalue weighted by Gasteiger charge is -2.13. The van der Waals surface area contributed by atoms with Crippen LogP contribution in [0.5, 0.6) is 5.75 Å². The van der Waals surface area contributed by atoms with Gasteiger partial charge in [-0.2, -0.15) is 0 Å². The van der Waals surface area contributed by atoms with E-state index >= 15 is 0 Å². The van der Waals surface area contributed by atoms with E-state index in [1.807, 2.05) is 25.2 Å². The summed E-state index contributed by atoms with van der Waals surface area (Å²) in [6, 6.07) is 6.00. The molecule has 0 unspecified atom stereocenters. The quantitative estimate of drug-likeness (QED) is 0.900. The lowest BCUT2D eigenvalue weighted by molar-refractivity contribution is 0.182. The second-order valence-corrected chi connectivity index (χ2v) is 4.15. The fourth-order valence-electron chi connectivity index (χ4n) is 2.12. The van der Waals surface area contributed by atoms with Crippen LogP contribution in [0.3, 0.4) is 0 Å². The van der Waals surface area contributed by atoms with Crippen molar-refractivity contribution in [3.05, 3.63) is 29.5 Å². The smallest absolute Gasteiger partial charge is 0.145 e. The van der Waals surface area contributed by atoms with Gasteiger partial charge >= 0.3 is 0 Å². The van der Waals surface area contributed by atoms with Gasteiger partial charge < -0.3 is 14.8 Å². The number of benzene rings is 1. The van der Waals surface area contributed by atoms with Gasteiger partial charge in [0.25, 0.3) is 0 Å². The molecule has 0 spiro atoms. The highest BCUT2D eigenvalue weighted by Gasteiger charge is 2.11. The first-order valence-electron chi connectivity index (χ1n) is 5.85. The van der Waals surface area contributed by atoms with Crippen molar-refractivity contribution >= 4 is 16.6 Å². The van der Waals surface area contributed by atoms with E-state index in [0.29, 0.717) is 6.61 Å². The van der Waals surface area contributed by atoms with Gasteiger partial charge in [-0.1, -0.05) is 6.07 Å². The summed E-state index contributed by atoms with van der Waals surface area (Å²) >= 11 is 0. The molecule has 1 N–H and O–H groups in total. The summed E-state index contributed by atoms with van der Waals surface area (Å²) in [5, 5.41) is 4.30. The van der Waals surface area contributed by atoms with E-state index in [2.05, 4.69) is 17.2 Å². The molecule has 0 fully saturated rings. The molecule has 1 aromatic heterocycles. The summed E-state index contributed by atoms with van der Waals surface area (Å²) in [6.45, 7) is 2.56. The molecular formula is C14H18N2O2. The topological polar surface area (TPSA) is 43.4 Å². The number of pyridine rings is 1. The van der Waals surface area contributed by atoms with Crippen molar-refractivity contribution in [1.82, 2.24) is 4.98 Å². The molecule has 96 valence electrons. The third kappa shape index (κ3) is 2.11. The largest absolute Gasteiger partial charge is 0.494 e. The number of anilines is 1. The SMILES string of the molecule is CNc1cc(COC)nc2c(OC)ccc(C)c12. The molecule has 2 aromatic rings. The molecular weight excluding hydrogens is 228 g/mol. The number of methoxy groups -OCH3 is 2. The third-order valence-corrected chi connectivity index (χ3v) is 2.97. The van der Waals surface area contributed by atoms with E-state index in [1.54, 1.807) is 14.2 Å². The molecule has 0 aliphatic heterocycles. The number of aryl methyl sites for hydroxylation is 1. The lowest BCUT2D eigenvalue weighted by Crippen LogP contribution is -2.00. The zero-order valence-electron chi connectivity index (χ0n) is 11.2. The standard InChI is InChI=1S/C14H18N2O2/c1-9-5-6-12(18-4)14-13(9)11(15-2)7-10(16-14)8-17-3/h5-7H,8H2,1-4H3,(H,15,16). The Morgan fingerprint density at radius 1 is 1.28 bits per heavy atom. The van der Waals surface area contributed by atoms with Gasteiger partial charge in [0.2, 0.25) is 0 Å². The Bertz CT molecular complexity index is 567. The van der Waals surface area contributed by atoms with E-state index in [0.717, 1.165) is 28.0 Å². The Kier molecular flexibility index (Phi) is 3.67. The third-order valence-electron chi connectivity index (χ3n) is 2.97. The van der Waals surface area contributed by atoms with E-state index in [1.165, 1.54) is 5.56 Å². The van der Waals surface area contributed by atoms with Gasteiger partial charge in [0.1, 0.15) is 11.3 Å². The minimum atomic E-state index is 0.488. The van der Waals surface area contributed by atoms with Gasteiger partial charge in [0, 0.05) is 25.2 Å². The van der Waals surface area contributed by atoms with Gasteiger partial charge in [-0.25, -0.2) is 4.98 Å². The second kappa shape index (κ2) is 5.23. The van der Waals surface area contributed by atoms with Gasteiger partial charge in [0.05, 0.1) is 19.4 Å². The number of hydrogen-bond acceptors (Lipinski definition) is 4. The van der Waals surface area contributed by atoms with Crippen molar-refractivity contribution in [2.24, 2.45) is 0 Å². The van der Waals surface area contributed by atoms with E-state index in [9.17, 15) is 0 Å². The second-order valence-electron chi connectivity index (χ2n) is 4.15. The Hall–Kier alpha value is -1.81. The fraction of sp³-hybridized carbons (Fsp3) is 0.357. The molecule has 2 rings (SSSR count). The average Bonchev–Trinajstić information content (AvgIpc) is 2.38. The molecule has 4 heteroatoms. The minimum Gasteiger partial charge on any atom is -0.494 e. The normalized spacial score (nSPS) is 10.7. The molecule has 0 atom stereocenters. The average molecular weight is 246 g/mol. The molecule has 18 heavy (non-hydrogen) atoms. The maximum atomic E-state index is 5.38. The number of aromatic nitrogens is 1. The summed E-state index contributed by atoms with van der Waals surface area (Å²) in [6.07, 6.45) is 0. The van der Waals surface area contributed by atoms with Crippen LogP contribution < -0.4 is 10.1 Å². The number of rotatable bonds is 4. The molecule has 0 saturated carbocycles. The molecule has 1 heterocycles. The van der Waals surface area contributed by atoms with Crippen molar-refractivity contribution in [1.29, 1.82) is 0 Å². The molecule has 1 aromatic carbocycles. The summed E-state index contributed by atoms with van der Waals surface area (Å²) in [5.74, 6) is 0.782. The van der Waals surface area contributed by atoms with Crippen LogP contribution in [-0.2, 0) is 11.3 Å². The summed E-state index contributed by atoms with van der Waals surface area (Å²) in [7, 11) is 5.23. The molecule has 4 nitrogen and oxygen atoms in total. The van der Waals surface area contributed by atoms with Crippen LogP contribution in [0.1, 0.15) is 11.3 Å². The molecule has 0 aliphatic rings. The van der Waals surface area contributed by atoms with Crippen molar-refractivity contribution in [2.45, 2.75) is 13.5 Å². The maximum absolute atomic E-state index is 5.38. The predicted molar refractivity (Wildman–Crippen MR) is 73.3 cm³/mol. The van der Waals surface area contributed by atoms with Crippen LogP contribution in [0, 0.1) is 6.92 Å². The zero-order chi connectivity index (χ0) is 13.1. The van der Waals surface area contributed by atoms with Gasteiger partial charge in [-0.05, 0) is 24.6 Å². The molecule has 0 amide bonds. The number of hydrogen-bond donors (Lipinski definition) is 1. The van der Waals surface area contributed by atoms with Crippen molar-refractivity contribution in [3.63, 3.8) is 0 Å². The highest BCUT2D eigenvalue weighted by molar-refractivity contribution is 5.97. The number of nitrogens with one attached hydrogen (secondary N) is 1. The van der Waals surface area contributed by atoms with Gasteiger partial charge in [0.15, 0.2) is 0 Å². The predicted octanol–water partition coefficient (Wildman–Crippen LogP) is 2.74. The first-order valence-corrected chi connectivity index (χ1v) is 5.85. The van der Waals surface area contributed by atoms with E-state index < -0.39 is 0 Å². The van der Waals surface area contributed by atoms with Crippen molar-refractivity contribution < 1.29 is 9.47 Å². The molecule has 0 bridgehead atoms. The van der Waals surface area contributed by atoms with Crippen molar-refractivity contribution in [2.75, 3.05) is 26.6 Å².